The number of nitrogens with zero attached hydrogens (tertiary/aromatic N) is 5. The minimum atomic E-state index is -0.0541. The number of hydrogen-bond acceptors (Lipinski definition) is 6. The van der Waals surface area contributed by atoms with Crippen LogP contribution in [0, 0.1) is 22.7 Å². The zero-order valence-corrected chi connectivity index (χ0v) is 12.5. The van der Waals surface area contributed by atoms with Crippen LogP contribution in [0.2, 0.25) is 5.02 Å². The molecule has 0 amide bonds. The highest BCUT2D eigenvalue weighted by Gasteiger charge is 2.30. The first kappa shape index (κ1) is 14.7. The summed E-state index contributed by atoms with van der Waals surface area (Å²) in [5, 5.41) is 22.8. The van der Waals surface area contributed by atoms with Crippen molar-refractivity contribution in [2.45, 2.75) is 0 Å². The Bertz CT molecular complexity index is 937. The van der Waals surface area contributed by atoms with Crippen LogP contribution in [-0.2, 0) is 4.84 Å². The van der Waals surface area contributed by atoms with Gasteiger partial charge in [0.15, 0.2) is 11.4 Å². The van der Waals surface area contributed by atoms with Crippen LogP contribution in [-0.4, -0.2) is 22.3 Å². The van der Waals surface area contributed by atoms with Crippen molar-refractivity contribution in [2.75, 3.05) is 6.61 Å². The van der Waals surface area contributed by atoms with Crippen molar-refractivity contribution in [3.05, 3.63) is 58.5 Å². The Kier molecular flexibility index (Phi) is 3.76. The van der Waals surface area contributed by atoms with Crippen LogP contribution >= 0.6 is 11.6 Å². The Morgan fingerprint density at radius 1 is 1.17 bits per heavy atom. The Morgan fingerprint density at radius 3 is 2.52 bits per heavy atom. The van der Waals surface area contributed by atoms with E-state index in [-0.39, 0.29) is 18.0 Å². The molecular weight excluding hydrogens is 314 g/mol. The summed E-state index contributed by atoms with van der Waals surface area (Å²) in [7, 11) is 0. The summed E-state index contributed by atoms with van der Waals surface area (Å²) in [6.07, 6.45) is 1.56. The van der Waals surface area contributed by atoms with Crippen LogP contribution in [0.3, 0.4) is 0 Å². The summed E-state index contributed by atoms with van der Waals surface area (Å²) in [5.41, 5.74) is 2.64. The summed E-state index contributed by atoms with van der Waals surface area (Å²) in [6, 6.07) is 8.95. The first-order valence-corrected chi connectivity index (χ1v) is 6.91. The van der Waals surface area contributed by atoms with Gasteiger partial charge in [-0.05, 0) is 12.1 Å². The minimum Gasteiger partial charge on any atom is -0.391 e. The van der Waals surface area contributed by atoms with Gasteiger partial charge in [-0.1, -0.05) is 35.5 Å². The largest absolute Gasteiger partial charge is 0.391 e. The second kappa shape index (κ2) is 5.88. The third kappa shape index (κ3) is 2.42. The molecule has 1 aliphatic carbocycles. The van der Waals surface area contributed by atoms with Crippen molar-refractivity contribution < 1.29 is 4.84 Å². The van der Waals surface area contributed by atoms with Gasteiger partial charge in [-0.15, -0.1) is 0 Å². The van der Waals surface area contributed by atoms with Crippen molar-refractivity contribution in [1.29, 1.82) is 10.5 Å². The number of nitriles is 2. The maximum Gasteiger partial charge on any atom is 0.177 e. The van der Waals surface area contributed by atoms with Gasteiger partial charge in [-0.3, -0.25) is 0 Å². The smallest absolute Gasteiger partial charge is 0.177 e. The molecule has 1 heterocycles. The lowest BCUT2D eigenvalue weighted by Crippen LogP contribution is -2.06. The number of benzene rings is 1. The Hall–Kier alpha value is -3.22. The molecule has 0 bridgehead atoms. The molecule has 23 heavy (non-hydrogen) atoms. The normalized spacial score (nSPS) is 12.9. The fourth-order valence-electron chi connectivity index (χ4n) is 2.24. The highest BCUT2D eigenvalue weighted by atomic mass is 35.5. The summed E-state index contributed by atoms with van der Waals surface area (Å²) in [6.45, 7) is 3.78. The van der Waals surface area contributed by atoms with Crippen LogP contribution < -0.4 is 0 Å². The molecule has 0 saturated carbocycles. The van der Waals surface area contributed by atoms with E-state index in [4.69, 9.17) is 27.0 Å². The lowest BCUT2D eigenvalue weighted by Gasteiger charge is -2.01. The van der Waals surface area contributed by atoms with E-state index in [9.17, 15) is 0 Å². The summed E-state index contributed by atoms with van der Waals surface area (Å²) in [5.74, 6) is 0. The van der Waals surface area contributed by atoms with Gasteiger partial charge in [0.1, 0.15) is 35.8 Å². The van der Waals surface area contributed by atoms with Crippen molar-refractivity contribution in [2.24, 2.45) is 5.16 Å². The molecule has 0 fully saturated rings. The van der Waals surface area contributed by atoms with E-state index in [0.29, 0.717) is 27.7 Å². The lowest BCUT2D eigenvalue weighted by molar-refractivity contribution is 0.175. The van der Waals surface area contributed by atoms with E-state index in [1.165, 1.54) is 0 Å². The molecule has 1 aromatic heterocycles. The molecule has 0 unspecified atom stereocenters. The molecule has 3 rings (SSSR count). The van der Waals surface area contributed by atoms with E-state index in [1.807, 2.05) is 12.1 Å². The quantitative estimate of drug-likeness (QED) is 0.420. The average molecular weight is 322 g/mol. The lowest BCUT2D eigenvalue weighted by atomic mass is 10.1. The van der Waals surface area contributed by atoms with Crippen LogP contribution in [0.1, 0.15) is 22.6 Å². The van der Waals surface area contributed by atoms with Gasteiger partial charge in [0.2, 0.25) is 0 Å². The van der Waals surface area contributed by atoms with Gasteiger partial charge in [-0.25, -0.2) is 9.97 Å². The monoisotopic (exact) mass is 321 g/mol. The zero-order valence-electron chi connectivity index (χ0n) is 11.7. The average Bonchev–Trinajstić information content (AvgIpc) is 2.86. The number of halogens is 1. The molecule has 2 aromatic rings. The van der Waals surface area contributed by atoms with E-state index in [1.54, 1.807) is 24.3 Å². The summed E-state index contributed by atoms with van der Waals surface area (Å²) in [4.78, 5) is 13.6. The van der Waals surface area contributed by atoms with E-state index < -0.39 is 0 Å². The fraction of sp³-hybridized carbons (Fsp3) is 0.0625. The first-order valence-electron chi connectivity index (χ1n) is 6.53. The molecule has 0 radical (unpaired) electrons. The standard InChI is InChI=1S/C16H8ClN5O/c1-2-5-23-22-15-11-6-9(17)3-4-10(11)14-16(15)21-13(8-19)12(7-18)20-14/h2-4,6H,1,5H2/b22-15+. The minimum absolute atomic E-state index is 0.0274. The molecule has 6 nitrogen and oxygen atoms in total. The van der Waals surface area contributed by atoms with Crippen LogP contribution in [0.5, 0.6) is 0 Å². The number of rotatable bonds is 3. The first-order chi connectivity index (χ1) is 11.2. The van der Waals surface area contributed by atoms with Crippen LogP contribution in [0.15, 0.2) is 36.0 Å². The molecule has 0 saturated heterocycles. The molecule has 1 aromatic carbocycles. The highest BCUT2D eigenvalue weighted by molar-refractivity contribution is 6.32. The Balaban J connectivity index is 2.27. The van der Waals surface area contributed by atoms with E-state index in [2.05, 4.69) is 21.7 Å². The predicted octanol–water partition coefficient (Wildman–Crippen LogP) is 2.81. The van der Waals surface area contributed by atoms with E-state index in [0.717, 1.165) is 5.56 Å². The predicted molar refractivity (Wildman–Crippen MR) is 83.7 cm³/mol. The van der Waals surface area contributed by atoms with Gasteiger partial charge in [0, 0.05) is 16.1 Å². The number of oxime groups is 1. The summed E-state index contributed by atoms with van der Waals surface area (Å²) >= 11 is 6.05. The number of hydrogen-bond donors (Lipinski definition) is 0. The van der Waals surface area contributed by atoms with Gasteiger partial charge in [0.25, 0.3) is 0 Å². The third-order valence-electron chi connectivity index (χ3n) is 3.17. The molecular formula is C16H8ClN5O. The molecule has 0 N–H and O–H groups in total. The van der Waals surface area contributed by atoms with Crippen LogP contribution in [0.4, 0.5) is 0 Å². The van der Waals surface area contributed by atoms with E-state index >= 15 is 0 Å². The molecule has 0 aliphatic heterocycles. The fourth-order valence-corrected chi connectivity index (χ4v) is 2.41. The maximum absolute atomic E-state index is 9.13. The molecule has 7 heteroatoms. The highest BCUT2D eigenvalue weighted by Crippen LogP contribution is 2.36. The molecule has 0 atom stereocenters. The second-order valence-electron chi connectivity index (χ2n) is 4.56. The van der Waals surface area contributed by atoms with Gasteiger partial charge in [0.05, 0.1) is 0 Å². The van der Waals surface area contributed by atoms with Gasteiger partial charge < -0.3 is 4.84 Å². The third-order valence-corrected chi connectivity index (χ3v) is 3.41. The topological polar surface area (TPSA) is 95.0 Å². The van der Waals surface area contributed by atoms with Gasteiger partial charge >= 0.3 is 0 Å². The Morgan fingerprint density at radius 2 is 1.87 bits per heavy atom. The van der Waals surface area contributed by atoms with Crippen LogP contribution in [0.25, 0.3) is 11.3 Å². The van der Waals surface area contributed by atoms with Crippen molar-refractivity contribution in [1.82, 2.24) is 9.97 Å². The Labute approximate surface area is 136 Å². The van der Waals surface area contributed by atoms with Crippen molar-refractivity contribution in [3.8, 4) is 23.4 Å². The SMILES string of the molecule is C=CCO/N=C1\c2cc(Cl)ccc2-c2nc(C#N)c(C#N)nc21. The molecule has 110 valence electrons. The molecule has 1 aliphatic rings. The zero-order chi connectivity index (χ0) is 16.4. The summed E-state index contributed by atoms with van der Waals surface area (Å²) < 4.78 is 0. The van der Waals surface area contributed by atoms with Gasteiger partial charge in [-0.2, -0.15) is 10.5 Å². The second-order valence-corrected chi connectivity index (χ2v) is 4.99. The van der Waals surface area contributed by atoms with Crippen molar-refractivity contribution >= 4 is 17.3 Å². The number of fused-ring (bicyclic) bond motifs is 3. The molecule has 0 spiro atoms. The van der Waals surface area contributed by atoms with Crippen molar-refractivity contribution in [3.63, 3.8) is 0 Å². The maximum atomic E-state index is 9.13. The number of aromatic nitrogens is 2.